The zero-order valence-electron chi connectivity index (χ0n) is 14.0. The number of pyridine rings is 1. The van der Waals surface area contributed by atoms with Crippen molar-refractivity contribution in [2.45, 2.75) is 18.2 Å². The minimum atomic E-state index is -0.263. The molecule has 4 nitrogen and oxygen atoms in total. The molecule has 25 heavy (non-hydrogen) atoms. The molecule has 2 heterocycles. The van der Waals surface area contributed by atoms with E-state index in [0.29, 0.717) is 19.5 Å². The SMILES string of the molecule is O=C(CCSCc1ccccn1)N1CCNCC1c1cccc(F)c1. The maximum absolute atomic E-state index is 13.5. The van der Waals surface area contributed by atoms with E-state index in [1.807, 2.05) is 29.2 Å². The van der Waals surface area contributed by atoms with Gasteiger partial charge in [0.25, 0.3) is 0 Å². The van der Waals surface area contributed by atoms with E-state index in [2.05, 4.69) is 10.3 Å². The van der Waals surface area contributed by atoms with Gasteiger partial charge in [-0.25, -0.2) is 4.39 Å². The van der Waals surface area contributed by atoms with Crippen molar-refractivity contribution in [3.63, 3.8) is 0 Å². The van der Waals surface area contributed by atoms with Crippen LogP contribution < -0.4 is 5.32 Å². The molecule has 1 N–H and O–H groups in total. The van der Waals surface area contributed by atoms with Crippen molar-refractivity contribution in [1.29, 1.82) is 0 Å². The van der Waals surface area contributed by atoms with Gasteiger partial charge in [0.15, 0.2) is 0 Å². The minimum Gasteiger partial charge on any atom is -0.333 e. The topological polar surface area (TPSA) is 45.2 Å². The molecule has 1 aromatic carbocycles. The summed E-state index contributed by atoms with van der Waals surface area (Å²) < 4.78 is 13.5. The molecule has 1 fully saturated rings. The lowest BCUT2D eigenvalue weighted by atomic mass is 10.0. The Labute approximate surface area is 151 Å². The minimum absolute atomic E-state index is 0.0993. The summed E-state index contributed by atoms with van der Waals surface area (Å²) in [6.07, 6.45) is 2.27. The molecule has 132 valence electrons. The number of aromatic nitrogens is 1. The van der Waals surface area contributed by atoms with Crippen LogP contribution >= 0.6 is 11.8 Å². The van der Waals surface area contributed by atoms with Gasteiger partial charge in [-0.3, -0.25) is 9.78 Å². The van der Waals surface area contributed by atoms with Crippen LogP contribution in [0.15, 0.2) is 48.7 Å². The van der Waals surface area contributed by atoms with Crippen LogP contribution in [-0.2, 0) is 10.5 Å². The molecule has 0 bridgehead atoms. The molecule has 1 amide bonds. The fraction of sp³-hybridized carbons (Fsp3) is 0.368. The lowest BCUT2D eigenvalue weighted by Gasteiger charge is -2.36. The van der Waals surface area contributed by atoms with Crippen LogP contribution in [0, 0.1) is 5.82 Å². The number of carbonyl (C=O) groups is 1. The van der Waals surface area contributed by atoms with Crippen molar-refractivity contribution < 1.29 is 9.18 Å². The van der Waals surface area contributed by atoms with E-state index < -0.39 is 0 Å². The Balaban J connectivity index is 1.54. The highest BCUT2D eigenvalue weighted by atomic mass is 32.2. The smallest absolute Gasteiger partial charge is 0.224 e. The number of benzene rings is 1. The molecule has 1 atom stereocenters. The highest BCUT2D eigenvalue weighted by molar-refractivity contribution is 7.98. The molecule has 0 saturated carbocycles. The Hall–Kier alpha value is -1.92. The first-order valence-corrected chi connectivity index (χ1v) is 9.63. The molecule has 1 aliphatic heterocycles. The van der Waals surface area contributed by atoms with Crippen LogP contribution in [0.1, 0.15) is 23.7 Å². The molecule has 0 spiro atoms. The van der Waals surface area contributed by atoms with E-state index in [-0.39, 0.29) is 17.8 Å². The number of amides is 1. The van der Waals surface area contributed by atoms with Gasteiger partial charge in [0.2, 0.25) is 5.91 Å². The van der Waals surface area contributed by atoms with Gasteiger partial charge in [-0.15, -0.1) is 0 Å². The number of nitrogens with one attached hydrogen (secondary N) is 1. The normalized spacial score (nSPS) is 17.5. The van der Waals surface area contributed by atoms with Gasteiger partial charge in [-0.1, -0.05) is 18.2 Å². The Morgan fingerprint density at radius 1 is 1.32 bits per heavy atom. The molecule has 1 unspecified atom stereocenters. The Kier molecular flexibility index (Phi) is 6.42. The number of hydrogen-bond donors (Lipinski definition) is 1. The summed E-state index contributed by atoms with van der Waals surface area (Å²) in [4.78, 5) is 18.8. The highest BCUT2D eigenvalue weighted by Gasteiger charge is 2.27. The van der Waals surface area contributed by atoms with Crippen molar-refractivity contribution in [3.8, 4) is 0 Å². The summed E-state index contributed by atoms with van der Waals surface area (Å²) in [5.41, 5.74) is 1.88. The third-order valence-corrected chi connectivity index (χ3v) is 5.23. The second-order valence-electron chi connectivity index (χ2n) is 5.99. The molecule has 6 heteroatoms. The fourth-order valence-corrected chi connectivity index (χ4v) is 3.82. The summed E-state index contributed by atoms with van der Waals surface area (Å²) in [6.45, 7) is 2.10. The molecule has 3 rings (SSSR count). The predicted molar refractivity (Wildman–Crippen MR) is 98.7 cm³/mol. The monoisotopic (exact) mass is 359 g/mol. The number of hydrogen-bond acceptors (Lipinski definition) is 4. The van der Waals surface area contributed by atoms with Crippen molar-refractivity contribution in [2.75, 3.05) is 25.4 Å². The number of nitrogens with zero attached hydrogens (tertiary/aromatic N) is 2. The predicted octanol–water partition coefficient (Wildman–Crippen LogP) is 3.02. The van der Waals surface area contributed by atoms with E-state index in [1.165, 1.54) is 12.1 Å². The lowest BCUT2D eigenvalue weighted by Crippen LogP contribution is -2.48. The van der Waals surface area contributed by atoms with Gasteiger partial charge in [0.1, 0.15) is 5.82 Å². The van der Waals surface area contributed by atoms with Crippen molar-refractivity contribution in [3.05, 3.63) is 65.7 Å². The van der Waals surface area contributed by atoms with Crippen LogP contribution in [-0.4, -0.2) is 41.2 Å². The average molecular weight is 359 g/mol. The molecular weight excluding hydrogens is 337 g/mol. The number of piperazine rings is 1. The van der Waals surface area contributed by atoms with Gasteiger partial charge >= 0.3 is 0 Å². The summed E-state index contributed by atoms with van der Waals surface area (Å²) in [5, 5.41) is 3.30. The number of halogens is 1. The second-order valence-corrected chi connectivity index (χ2v) is 7.09. The first-order valence-electron chi connectivity index (χ1n) is 8.47. The highest BCUT2D eigenvalue weighted by Crippen LogP contribution is 2.24. The van der Waals surface area contributed by atoms with E-state index >= 15 is 0 Å². The first kappa shape index (κ1) is 17.9. The van der Waals surface area contributed by atoms with Crippen LogP contribution in [0.5, 0.6) is 0 Å². The molecule has 1 aromatic heterocycles. The lowest BCUT2D eigenvalue weighted by molar-refractivity contribution is -0.134. The van der Waals surface area contributed by atoms with E-state index in [1.54, 1.807) is 24.0 Å². The number of thioether (sulfide) groups is 1. The standard InChI is InChI=1S/C19H22FN3OS/c20-16-5-3-4-15(12-16)18-13-21-9-10-23(18)19(24)7-11-25-14-17-6-1-2-8-22-17/h1-6,8,12,18,21H,7,9-11,13-14H2. The zero-order chi connectivity index (χ0) is 17.5. The third kappa shape index (κ3) is 5.03. The van der Waals surface area contributed by atoms with Crippen LogP contribution in [0.4, 0.5) is 4.39 Å². The van der Waals surface area contributed by atoms with Crippen molar-refractivity contribution in [2.24, 2.45) is 0 Å². The fourth-order valence-electron chi connectivity index (χ4n) is 2.98. The third-order valence-electron chi connectivity index (χ3n) is 4.23. The zero-order valence-corrected chi connectivity index (χ0v) is 14.8. The molecule has 1 saturated heterocycles. The van der Waals surface area contributed by atoms with Crippen molar-refractivity contribution >= 4 is 17.7 Å². The van der Waals surface area contributed by atoms with Crippen LogP contribution in [0.25, 0.3) is 0 Å². The van der Waals surface area contributed by atoms with Crippen LogP contribution in [0.3, 0.4) is 0 Å². The summed E-state index contributed by atoms with van der Waals surface area (Å²) >= 11 is 1.71. The van der Waals surface area contributed by atoms with E-state index in [9.17, 15) is 9.18 Å². The first-order chi connectivity index (χ1) is 12.2. The maximum Gasteiger partial charge on any atom is 0.224 e. The molecule has 0 aliphatic carbocycles. The molecule has 1 aliphatic rings. The Morgan fingerprint density at radius 3 is 3.04 bits per heavy atom. The maximum atomic E-state index is 13.5. The summed E-state index contributed by atoms with van der Waals surface area (Å²) in [5.74, 6) is 1.43. The number of rotatable bonds is 6. The average Bonchev–Trinajstić information content (AvgIpc) is 2.66. The van der Waals surface area contributed by atoms with Crippen LogP contribution in [0.2, 0.25) is 0 Å². The quantitative estimate of drug-likeness (QED) is 0.806. The second kappa shape index (κ2) is 8.97. The van der Waals surface area contributed by atoms with Gasteiger partial charge < -0.3 is 10.2 Å². The summed E-state index contributed by atoms with van der Waals surface area (Å²) in [7, 11) is 0. The van der Waals surface area contributed by atoms with Gasteiger partial charge in [-0.05, 0) is 29.8 Å². The van der Waals surface area contributed by atoms with Gasteiger partial charge in [0.05, 0.1) is 11.7 Å². The van der Waals surface area contributed by atoms with Crippen molar-refractivity contribution in [1.82, 2.24) is 15.2 Å². The largest absolute Gasteiger partial charge is 0.333 e. The molecular formula is C19H22FN3OS. The molecule has 2 aromatic rings. The van der Waals surface area contributed by atoms with E-state index in [4.69, 9.17) is 0 Å². The Bertz CT molecular complexity index is 698. The van der Waals surface area contributed by atoms with Gasteiger partial charge in [0, 0.05) is 43.8 Å². The Morgan fingerprint density at radius 2 is 2.24 bits per heavy atom. The van der Waals surface area contributed by atoms with E-state index in [0.717, 1.165) is 29.3 Å². The molecule has 0 radical (unpaired) electrons. The van der Waals surface area contributed by atoms with Gasteiger partial charge in [-0.2, -0.15) is 11.8 Å². The number of carbonyl (C=O) groups excluding carboxylic acids is 1. The summed E-state index contributed by atoms with van der Waals surface area (Å²) in [6, 6.07) is 12.3.